The minimum atomic E-state index is 0.561. The predicted octanol–water partition coefficient (Wildman–Crippen LogP) is 1.54. The summed E-state index contributed by atoms with van der Waals surface area (Å²) in [5, 5.41) is 0. The van der Waals surface area contributed by atoms with E-state index >= 15 is 0 Å². The Morgan fingerprint density at radius 2 is 2.50 bits per heavy atom. The molecule has 0 spiro atoms. The molecule has 0 atom stereocenters. The number of aromatic nitrogens is 1. The van der Waals surface area contributed by atoms with E-state index in [0.717, 1.165) is 12.0 Å². The second-order valence-corrected chi connectivity index (χ2v) is 1.99. The minimum absolute atomic E-state index is 0.561. The maximum absolute atomic E-state index is 6.56. The molecule has 1 rings (SSSR count). The Labute approximate surface area is 60.3 Å². The Hall–Kier alpha value is -1.36. The monoisotopic (exact) mass is 132 g/mol. The van der Waals surface area contributed by atoms with Crippen molar-refractivity contribution in [2.45, 2.75) is 6.42 Å². The molecule has 0 N–H and O–H groups in total. The van der Waals surface area contributed by atoms with Crippen LogP contribution < -0.4 is 0 Å². The van der Waals surface area contributed by atoms with E-state index in [2.05, 4.69) is 9.83 Å². The predicted molar refractivity (Wildman–Crippen MR) is 39.4 cm³/mol. The van der Waals surface area contributed by atoms with Crippen molar-refractivity contribution in [3.63, 3.8) is 0 Å². The molecule has 0 aliphatic heterocycles. The number of hydrogen-bond acceptors (Lipinski definition) is 1. The van der Waals surface area contributed by atoms with Gasteiger partial charge >= 0.3 is 0 Å². The van der Waals surface area contributed by atoms with Crippen molar-refractivity contribution >= 4 is 0 Å². The van der Waals surface area contributed by atoms with Crippen LogP contribution in [0.5, 0.6) is 0 Å². The number of pyridine rings is 1. The van der Waals surface area contributed by atoms with E-state index in [1.165, 1.54) is 0 Å². The highest BCUT2D eigenvalue weighted by molar-refractivity contribution is 5.09. The summed E-state index contributed by atoms with van der Waals surface area (Å²) in [6, 6.07) is 3.87. The van der Waals surface area contributed by atoms with Gasteiger partial charge in [0.15, 0.2) is 0 Å². The van der Waals surface area contributed by atoms with Gasteiger partial charge in [0, 0.05) is 18.8 Å². The fourth-order valence-electron chi connectivity index (χ4n) is 0.731. The fraction of sp³-hybridized carbons (Fsp3) is 0.250. The molecule has 1 aromatic rings. The van der Waals surface area contributed by atoms with E-state index < -0.39 is 0 Å². The average molecular weight is 132 g/mol. The van der Waals surface area contributed by atoms with Gasteiger partial charge in [-0.25, -0.2) is 6.57 Å². The molecule has 10 heavy (non-hydrogen) atoms. The minimum Gasteiger partial charge on any atom is -0.317 e. The second-order valence-electron chi connectivity index (χ2n) is 1.99. The largest absolute Gasteiger partial charge is 0.317 e. The first-order valence-corrected chi connectivity index (χ1v) is 3.15. The van der Waals surface area contributed by atoms with Crippen molar-refractivity contribution in [1.82, 2.24) is 4.98 Å². The lowest BCUT2D eigenvalue weighted by Gasteiger charge is -1.90. The molecule has 1 aromatic heterocycles. The summed E-state index contributed by atoms with van der Waals surface area (Å²) in [5.74, 6) is 0. The number of rotatable bonds is 2. The molecule has 50 valence electrons. The highest BCUT2D eigenvalue weighted by atomic mass is 14.6. The maximum atomic E-state index is 6.56. The van der Waals surface area contributed by atoms with Gasteiger partial charge in [0.25, 0.3) is 0 Å². The summed E-state index contributed by atoms with van der Waals surface area (Å²) in [4.78, 5) is 7.19. The van der Waals surface area contributed by atoms with Crippen LogP contribution in [0, 0.1) is 6.57 Å². The Morgan fingerprint density at radius 1 is 1.60 bits per heavy atom. The standard InChI is InChI=1S/C8H8N2/c1-9-6-4-8-3-2-5-10-7-8/h2-3,5,7H,4,6H2. The topological polar surface area (TPSA) is 17.2 Å². The van der Waals surface area contributed by atoms with Crippen LogP contribution >= 0.6 is 0 Å². The molecule has 0 bridgehead atoms. The zero-order valence-electron chi connectivity index (χ0n) is 5.62. The van der Waals surface area contributed by atoms with Crippen LogP contribution in [0.3, 0.4) is 0 Å². The van der Waals surface area contributed by atoms with Crippen LogP contribution in [-0.4, -0.2) is 11.5 Å². The van der Waals surface area contributed by atoms with E-state index in [1.54, 1.807) is 12.4 Å². The molecule has 0 fully saturated rings. The molecule has 2 heteroatoms. The van der Waals surface area contributed by atoms with Gasteiger partial charge in [0.1, 0.15) is 0 Å². The Morgan fingerprint density at radius 3 is 3.10 bits per heavy atom. The van der Waals surface area contributed by atoms with E-state index in [1.807, 2.05) is 12.1 Å². The molecule has 0 aliphatic rings. The lowest BCUT2D eigenvalue weighted by Crippen LogP contribution is -1.86. The van der Waals surface area contributed by atoms with E-state index in [4.69, 9.17) is 6.57 Å². The lowest BCUT2D eigenvalue weighted by atomic mass is 10.2. The van der Waals surface area contributed by atoms with Gasteiger partial charge in [-0.2, -0.15) is 0 Å². The summed E-state index contributed by atoms with van der Waals surface area (Å²) in [6.07, 6.45) is 4.35. The van der Waals surface area contributed by atoms with Crippen molar-refractivity contribution < 1.29 is 0 Å². The molecule has 0 aliphatic carbocycles. The van der Waals surface area contributed by atoms with Crippen LogP contribution in [0.15, 0.2) is 24.5 Å². The first kappa shape index (κ1) is 6.76. The van der Waals surface area contributed by atoms with Gasteiger partial charge in [-0.15, -0.1) is 0 Å². The molecule has 0 radical (unpaired) electrons. The van der Waals surface area contributed by atoms with E-state index in [0.29, 0.717) is 6.54 Å². The summed E-state index contributed by atoms with van der Waals surface area (Å²) >= 11 is 0. The zero-order valence-corrected chi connectivity index (χ0v) is 5.62. The van der Waals surface area contributed by atoms with Crippen LogP contribution in [-0.2, 0) is 6.42 Å². The smallest absolute Gasteiger partial charge is 0.218 e. The second kappa shape index (κ2) is 3.62. The highest BCUT2D eigenvalue weighted by Gasteiger charge is 1.91. The van der Waals surface area contributed by atoms with E-state index in [-0.39, 0.29) is 0 Å². The van der Waals surface area contributed by atoms with Gasteiger partial charge < -0.3 is 4.85 Å². The maximum Gasteiger partial charge on any atom is 0.218 e. The molecule has 0 saturated carbocycles. The van der Waals surface area contributed by atoms with Gasteiger partial charge in [0.05, 0.1) is 0 Å². The third-order valence-corrected chi connectivity index (χ3v) is 1.24. The first-order valence-electron chi connectivity index (χ1n) is 3.15. The molecule has 0 aromatic carbocycles. The fourth-order valence-corrected chi connectivity index (χ4v) is 0.731. The Kier molecular flexibility index (Phi) is 2.45. The van der Waals surface area contributed by atoms with Crippen LogP contribution in [0.4, 0.5) is 0 Å². The first-order chi connectivity index (χ1) is 4.93. The van der Waals surface area contributed by atoms with Crippen LogP contribution in [0.2, 0.25) is 0 Å². The SMILES string of the molecule is [C-]#[N+]CCc1cccnc1. The van der Waals surface area contributed by atoms with Crippen molar-refractivity contribution in [2.24, 2.45) is 0 Å². The van der Waals surface area contributed by atoms with E-state index in [9.17, 15) is 0 Å². The van der Waals surface area contributed by atoms with Crippen LogP contribution in [0.25, 0.3) is 4.85 Å². The molecule has 1 heterocycles. The lowest BCUT2D eigenvalue weighted by molar-refractivity contribution is 1.05. The molecule has 0 saturated heterocycles. The summed E-state index contributed by atoms with van der Waals surface area (Å²) in [7, 11) is 0. The number of nitrogens with zero attached hydrogens (tertiary/aromatic N) is 2. The summed E-state index contributed by atoms with van der Waals surface area (Å²) in [5.41, 5.74) is 1.14. The zero-order chi connectivity index (χ0) is 7.23. The van der Waals surface area contributed by atoms with Gasteiger partial charge in [-0.05, 0) is 11.6 Å². The quantitative estimate of drug-likeness (QED) is 0.558. The highest BCUT2D eigenvalue weighted by Crippen LogP contribution is 1.95. The van der Waals surface area contributed by atoms with Gasteiger partial charge in [0.2, 0.25) is 6.54 Å². The molecular weight excluding hydrogens is 124 g/mol. The van der Waals surface area contributed by atoms with Gasteiger partial charge in [-0.1, -0.05) is 6.07 Å². The molecule has 0 unspecified atom stereocenters. The average Bonchev–Trinajstić information content (AvgIpc) is 2.03. The van der Waals surface area contributed by atoms with Crippen molar-refractivity contribution in [3.8, 4) is 0 Å². The van der Waals surface area contributed by atoms with Gasteiger partial charge in [-0.3, -0.25) is 4.98 Å². The normalized spacial score (nSPS) is 8.70. The molecule has 2 nitrogen and oxygen atoms in total. The summed E-state index contributed by atoms with van der Waals surface area (Å²) < 4.78 is 0. The van der Waals surface area contributed by atoms with Crippen molar-refractivity contribution in [3.05, 3.63) is 41.5 Å². The summed E-state index contributed by atoms with van der Waals surface area (Å²) in [6.45, 7) is 7.12. The van der Waals surface area contributed by atoms with Crippen molar-refractivity contribution in [1.29, 1.82) is 0 Å². The third kappa shape index (κ3) is 1.87. The Balaban J connectivity index is 2.52. The Bertz CT molecular complexity index is 223. The van der Waals surface area contributed by atoms with Crippen molar-refractivity contribution in [2.75, 3.05) is 6.54 Å². The molecular formula is C8H8N2. The van der Waals surface area contributed by atoms with Crippen LogP contribution in [0.1, 0.15) is 5.56 Å². The third-order valence-electron chi connectivity index (χ3n) is 1.24. The molecule has 0 amide bonds. The number of hydrogen-bond donors (Lipinski definition) is 0.